The molecule has 0 spiro atoms. The van der Waals surface area contributed by atoms with Crippen molar-refractivity contribution < 1.29 is 13.2 Å². The van der Waals surface area contributed by atoms with Gasteiger partial charge < -0.3 is 9.88 Å². The zero-order valence-electron chi connectivity index (χ0n) is 15.8. The number of carbonyl (C=O) groups is 1. The van der Waals surface area contributed by atoms with E-state index in [0.29, 0.717) is 38.2 Å². The molecule has 1 amide bonds. The summed E-state index contributed by atoms with van der Waals surface area (Å²) in [6.45, 7) is 5.09. The number of aryl methyl sites for hydroxylation is 1. The SMILES string of the molecule is Cc1nc(C(=O)NCc2ccccn2)c(C)n1C1CCN(S(C)(=O)=O)CC1. The second-order valence-corrected chi connectivity index (χ2v) is 8.84. The van der Waals surface area contributed by atoms with Crippen molar-refractivity contribution in [1.82, 2.24) is 24.2 Å². The first kappa shape index (κ1) is 19.5. The number of imidazole rings is 1. The molecule has 0 bridgehead atoms. The molecule has 8 nitrogen and oxygen atoms in total. The molecule has 3 rings (SSSR count). The Balaban J connectivity index is 1.70. The lowest BCUT2D eigenvalue weighted by Gasteiger charge is -2.32. The molecule has 2 aromatic rings. The van der Waals surface area contributed by atoms with Crippen LogP contribution in [-0.2, 0) is 16.6 Å². The maximum atomic E-state index is 12.6. The Labute approximate surface area is 159 Å². The lowest BCUT2D eigenvalue weighted by atomic mass is 10.1. The highest BCUT2D eigenvalue weighted by molar-refractivity contribution is 7.88. The average Bonchev–Trinajstić information content (AvgIpc) is 2.94. The van der Waals surface area contributed by atoms with Crippen LogP contribution in [0.4, 0.5) is 0 Å². The van der Waals surface area contributed by atoms with Gasteiger partial charge >= 0.3 is 0 Å². The molecule has 146 valence electrons. The van der Waals surface area contributed by atoms with Crippen molar-refractivity contribution >= 4 is 15.9 Å². The summed E-state index contributed by atoms with van der Waals surface area (Å²) >= 11 is 0. The molecule has 0 aliphatic carbocycles. The third kappa shape index (κ3) is 4.36. The van der Waals surface area contributed by atoms with Crippen LogP contribution in [0, 0.1) is 13.8 Å². The first-order chi connectivity index (χ1) is 12.8. The Morgan fingerprint density at radius 2 is 1.96 bits per heavy atom. The summed E-state index contributed by atoms with van der Waals surface area (Å²) in [5.41, 5.74) is 2.01. The molecule has 1 aliphatic heterocycles. The van der Waals surface area contributed by atoms with E-state index in [1.165, 1.54) is 10.6 Å². The lowest BCUT2D eigenvalue weighted by Crippen LogP contribution is -2.38. The van der Waals surface area contributed by atoms with Crippen LogP contribution >= 0.6 is 0 Å². The Morgan fingerprint density at radius 3 is 2.56 bits per heavy atom. The highest BCUT2D eigenvalue weighted by Crippen LogP contribution is 2.27. The standard InChI is InChI=1S/C18H25N5O3S/c1-13-17(18(24)20-12-15-6-4-5-9-19-15)21-14(2)23(13)16-7-10-22(11-8-16)27(3,25)26/h4-6,9,16H,7-8,10-12H2,1-3H3,(H,20,24). The predicted octanol–water partition coefficient (Wildman–Crippen LogP) is 1.42. The summed E-state index contributed by atoms with van der Waals surface area (Å²) in [6, 6.07) is 5.71. The van der Waals surface area contributed by atoms with Gasteiger partial charge in [-0.1, -0.05) is 6.07 Å². The lowest BCUT2D eigenvalue weighted by molar-refractivity contribution is 0.0945. The number of sulfonamides is 1. The van der Waals surface area contributed by atoms with Crippen LogP contribution in [0.2, 0.25) is 0 Å². The van der Waals surface area contributed by atoms with Crippen molar-refractivity contribution in [2.24, 2.45) is 0 Å². The van der Waals surface area contributed by atoms with Crippen molar-refractivity contribution in [2.75, 3.05) is 19.3 Å². The van der Waals surface area contributed by atoms with Crippen molar-refractivity contribution in [1.29, 1.82) is 0 Å². The summed E-state index contributed by atoms with van der Waals surface area (Å²) in [5, 5.41) is 2.86. The van der Waals surface area contributed by atoms with Gasteiger partial charge in [0.05, 0.1) is 18.5 Å². The maximum absolute atomic E-state index is 12.6. The number of amides is 1. The summed E-state index contributed by atoms with van der Waals surface area (Å²) < 4.78 is 27.0. The van der Waals surface area contributed by atoms with Gasteiger partial charge in [0.1, 0.15) is 11.5 Å². The number of nitrogens with one attached hydrogen (secondary N) is 1. The van der Waals surface area contributed by atoms with E-state index < -0.39 is 10.0 Å². The molecule has 0 unspecified atom stereocenters. The van der Waals surface area contributed by atoms with Gasteiger partial charge in [0, 0.05) is 31.0 Å². The molecule has 1 aliphatic rings. The Morgan fingerprint density at radius 1 is 1.26 bits per heavy atom. The van der Waals surface area contributed by atoms with E-state index >= 15 is 0 Å². The van der Waals surface area contributed by atoms with Crippen molar-refractivity contribution in [3.05, 3.63) is 47.3 Å². The minimum absolute atomic E-state index is 0.146. The van der Waals surface area contributed by atoms with E-state index in [4.69, 9.17) is 0 Å². The minimum atomic E-state index is -3.16. The van der Waals surface area contributed by atoms with Crippen molar-refractivity contribution in [2.45, 2.75) is 39.3 Å². The van der Waals surface area contributed by atoms with Gasteiger partial charge in [-0.2, -0.15) is 0 Å². The highest BCUT2D eigenvalue weighted by atomic mass is 32.2. The molecule has 3 heterocycles. The number of piperidine rings is 1. The number of carbonyl (C=O) groups excluding carboxylic acids is 1. The van der Waals surface area contributed by atoms with Gasteiger partial charge in [-0.15, -0.1) is 0 Å². The molecule has 0 saturated carbocycles. The molecule has 1 saturated heterocycles. The fraction of sp³-hybridized carbons (Fsp3) is 0.500. The highest BCUT2D eigenvalue weighted by Gasteiger charge is 2.29. The second kappa shape index (κ2) is 7.77. The summed E-state index contributed by atoms with van der Waals surface area (Å²) in [7, 11) is -3.16. The molecule has 1 N–H and O–H groups in total. The van der Waals surface area contributed by atoms with Crippen LogP contribution in [0.3, 0.4) is 0 Å². The number of aromatic nitrogens is 3. The fourth-order valence-electron chi connectivity index (χ4n) is 3.60. The molecule has 2 aromatic heterocycles. The average molecular weight is 391 g/mol. The van der Waals surface area contributed by atoms with Crippen LogP contribution in [0.25, 0.3) is 0 Å². The largest absolute Gasteiger partial charge is 0.345 e. The molecule has 9 heteroatoms. The van der Waals surface area contributed by atoms with Gasteiger partial charge in [0.15, 0.2) is 0 Å². The minimum Gasteiger partial charge on any atom is -0.345 e. The van der Waals surface area contributed by atoms with E-state index in [-0.39, 0.29) is 11.9 Å². The Bertz CT molecular complexity index is 916. The van der Waals surface area contributed by atoms with Crippen molar-refractivity contribution in [3.8, 4) is 0 Å². The van der Waals surface area contributed by atoms with E-state index in [9.17, 15) is 13.2 Å². The number of pyridine rings is 1. The van der Waals surface area contributed by atoms with Crippen LogP contribution in [0.15, 0.2) is 24.4 Å². The number of hydrogen-bond donors (Lipinski definition) is 1. The predicted molar refractivity (Wildman–Crippen MR) is 102 cm³/mol. The molecule has 27 heavy (non-hydrogen) atoms. The summed E-state index contributed by atoms with van der Waals surface area (Å²) in [5.74, 6) is 0.543. The summed E-state index contributed by atoms with van der Waals surface area (Å²) in [6.07, 6.45) is 4.35. The Hall–Kier alpha value is -2.26. The first-order valence-corrected chi connectivity index (χ1v) is 10.8. The molecular weight excluding hydrogens is 366 g/mol. The van der Waals surface area contributed by atoms with E-state index in [1.807, 2.05) is 32.0 Å². The zero-order valence-corrected chi connectivity index (χ0v) is 16.7. The van der Waals surface area contributed by atoms with Gasteiger partial charge in [-0.3, -0.25) is 9.78 Å². The molecule has 1 fully saturated rings. The normalized spacial score (nSPS) is 16.4. The van der Waals surface area contributed by atoms with Gasteiger partial charge in [-0.05, 0) is 38.8 Å². The van der Waals surface area contributed by atoms with Gasteiger partial charge in [0.2, 0.25) is 10.0 Å². The van der Waals surface area contributed by atoms with E-state index in [1.54, 1.807) is 6.20 Å². The van der Waals surface area contributed by atoms with Crippen LogP contribution < -0.4 is 5.32 Å². The third-order valence-electron chi connectivity index (χ3n) is 4.96. The number of rotatable bonds is 5. The van der Waals surface area contributed by atoms with Crippen LogP contribution in [-0.4, -0.2) is 52.5 Å². The fourth-order valence-corrected chi connectivity index (χ4v) is 4.47. The second-order valence-electron chi connectivity index (χ2n) is 6.86. The number of nitrogens with zero attached hydrogens (tertiary/aromatic N) is 4. The van der Waals surface area contributed by atoms with E-state index in [0.717, 1.165) is 17.2 Å². The summed E-state index contributed by atoms with van der Waals surface area (Å²) in [4.78, 5) is 21.2. The maximum Gasteiger partial charge on any atom is 0.272 e. The zero-order chi connectivity index (χ0) is 19.6. The molecule has 0 aromatic carbocycles. The third-order valence-corrected chi connectivity index (χ3v) is 6.26. The van der Waals surface area contributed by atoms with Gasteiger partial charge in [0.25, 0.3) is 5.91 Å². The number of hydrogen-bond acceptors (Lipinski definition) is 5. The quantitative estimate of drug-likeness (QED) is 0.831. The molecule has 0 atom stereocenters. The van der Waals surface area contributed by atoms with Crippen LogP contribution in [0.5, 0.6) is 0 Å². The first-order valence-electron chi connectivity index (χ1n) is 8.96. The van der Waals surface area contributed by atoms with Crippen molar-refractivity contribution in [3.63, 3.8) is 0 Å². The Kier molecular flexibility index (Phi) is 5.61. The smallest absolute Gasteiger partial charge is 0.272 e. The molecular formula is C18H25N5O3S. The monoisotopic (exact) mass is 391 g/mol. The molecule has 0 radical (unpaired) electrons. The van der Waals surface area contributed by atoms with Gasteiger partial charge in [-0.25, -0.2) is 17.7 Å². The van der Waals surface area contributed by atoms with E-state index in [2.05, 4.69) is 19.9 Å². The topological polar surface area (TPSA) is 97.2 Å². The van der Waals surface area contributed by atoms with Crippen LogP contribution in [0.1, 0.15) is 46.6 Å².